The van der Waals surface area contributed by atoms with E-state index in [1.54, 1.807) is 11.2 Å². The summed E-state index contributed by atoms with van der Waals surface area (Å²) in [6.45, 7) is 4.23. The summed E-state index contributed by atoms with van der Waals surface area (Å²) in [5, 5.41) is 0. The number of nitrogens with two attached hydrogens (primary N) is 1. The fourth-order valence-electron chi connectivity index (χ4n) is 2.26. The molecule has 0 saturated carbocycles. The van der Waals surface area contributed by atoms with Crippen molar-refractivity contribution in [3.63, 3.8) is 0 Å². The molecule has 3 atom stereocenters. The minimum Gasteiger partial charge on any atom is -0.381 e. The van der Waals surface area contributed by atoms with Crippen LogP contribution in [-0.4, -0.2) is 50.3 Å². The predicted octanol–water partition coefficient (Wildman–Crippen LogP) is 0.975. The normalized spacial score (nSPS) is 25.2. The van der Waals surface area contributed by atoms with Gasteiger partial charge < -0.3 is 10.5 Å². The Labute approximate surface area is 117 Å². The molecule has 18 heavy (non-hydrogen) atoms. The molecule has 5 nitrogen and oxygen atoms in total. The zero-order chi connectivity index (χ0) is 13.1. The maximum absolute atomic E-state index is 12.3. The van der Waals surface area contributed by atoms with Crippen LogP contribution in [0.5, 0.6) is 0 Å². The molecule has 1 aliphatic heterocycles. The molecule has 0 aliphatic carbocycles. The molecule has 1 rings (SSSR count). The molecule has 0 aromatic rings. The van der Waals surface area contributed by atoms with Gasteiger partial charge >= 0.3 is 0 Å². The van der Waals surface area contributed by atoms with Gasteiger partial charge in [-0.2, -0.15) is 4.31 Å². The van der Waals surface area contributed by atoms with E-state index in [1.807, 2.05) is 6.92 Å². The van der Waals surface area contributed by atoms with E-state index in [1.165, 1.54) is 7.11 Å². The van der Waals surface area contributed by atoms with Crippen molar-refractivity contribution in [2.24, 2.45) is 5.73 Å². The van der Waals surface area contributed by atoms with Gasteiger partial charge in [-0.05, 0) is 26.7 Å². The largest absolute Gasteiger partial charge is 0.381 e. The van der Waals surface area contributed by atoms with Gasteiger partial charge in [0.25, 0.3) is 0 Å². The van der Waals surface area contributed by atoms with Gasteiger partial charge in [0.2, 0.25) is 10.0 Å². The smallest absolute Gasteiger partial charge is 0.216 e. The topological polar surface area (TPSA) is 72.6 Å². The number of ether oxygens (including phenoxy) is 1. The van der Waals surface area contributed by atoms with Gasteiger partial charge in [0.15, 0.2) is 0 Å². The zero-order valence-corrected chi connectivity index (χ0v) is 13.0. The maximum atomic E-state index is 12.3. The average Bonchev–Trinajstić information content (AvgIpc) is 2.28. The lowest BCUT2D eigenvalue weighted by Crippen LogP contribution is -2.53. The van der Waals surface area contributed by atoms with Crippen molar-refractivity contribution >= 4 is 22.4 Å². The molecule has 1 heterocycles. The summed E-state index contributed by atoms with van der Waals surface area (Å²) in [4.78, 5) is 0. The van der Waals surface area contributed by atoms with E-state index in [4.69, 9.17) is 10.5 Å². The van der Waals surface area contributed by atoms with Crippen molar-refractivity contribution in [1.82, 2.24) is 4.31 Å². The average molecular weight is 301 g/mol. The summed E-state index contributed by atoms with van der Waals surface area (Å²) in [6, 6.07) is -0.180. The fourth-order valence-corrected chi connectivity index (χ4v) is 4.30. The summed E-state index contributed by atoms with van der Waals surface area (Å²) in [5.41, 5.74) is 5.88. The highest BCUT2D eigenvalue weighted by Crippen LogP contribution is 2.23. The molecule has 0 radical (unpaired) electrons. The second-order valence-corrected chi connectivity index (χ2v) is 6.82. The highest BCUT2D eigenvalue weighted by Gasteiger charge is 2.34. The number of hydrogen-bond donors (Lipinski definition) is 1. The Morgan fingerprint density at radius 3 is 2.50 bits per heavy atom. The lowest BCUT2D eigenvalue weighted by Gasteiger charge is -2.37. The van der Waals surface area contributed by atoms with Crippen molar-refractivity contribution in [2.75, 3.05) is 19.4 Å². The zero-order valence-electron chi connectivity index (χ0n) is 11.3. The van der Waals surface area contributed by atoms with E-state index in [2.05, 4.69) is 0 Å². The summed E-state index contributed by atoms with van der Waals surface area (Å²) in [5.74, 6) is 0.0344. The Kier molecular flexibility index (Phi) is 7.70. The minimum absolute atomic E-state index is 0. The third-order valence-corrected chi connectivity index (χ3v) is 5.37. The third-order valence-electron chi connectivity index (χ3n) is 3.31. The van der Waals surface area contributed by atoms with Crippen LogP contribution in [0, 0.1) is 0 Å². The van der Waals surface area contributed by atoms with E-state index in [9.17, 15) is 8.42 Å². The van der Waals surface area contributed by atoms with Crippen molar-refractivity contribution in [3.8, 4) is 0 Å². The lowest BCUT2D eigenvalue weighted by atomic mass is 10.00. The van der Waals surface area contributed by atoms with Crippen molar-refractivity contribution in [3.05, 3.63) is 0 Å². The first kappa shape index (κ1) is 18.1. The number of methoxy groups -OCH3 is 1. The van der Waals surface area contributed by atoms with Crippen LogP contribution in [0.3, 0.4) is 0 Å². The first-order valence-corrected chi connectivity index (χ1v) is 7.77. The van der Waals surface area contributed by atoms with Crippen LogP contribution in [0.15, 0.2) is 0 Å². The summed E-state index contributed by atoms with van der Waals surface area (Å²) < 4.78 is 31.1. The molecule has 3 unspecified atom stereocenters. The Bertz CT molecular complexity index is 335. The van der Waals surface area contributed by atoms with Crippen LogP contribution in [0.1, 0.15) is 33.1 Å². The number of sulfonamides is 1. The molecule has 1 saturated heterocycles. The van der Waals surface area contributed by atoms with Crippen LogP contribution < -0.4 is 5.73 Å². The predicted molar refractivity (Wildman–Crippen MR) is 75.5 cm³/mol. The SMILES string of the molecule is COC(C)CS(=O)(=O)N1CCCCC1C(C)N.Cl. The molecule has 110 valence electrons. The highest BCUT2D eigenvalue weighted by molar-refractivity contribution is 7.89. The minimum atomic E-state index is -3.26. The van der Waals surface area contributed by atoms with Gasteiger partial charge in [0.05, 0.1) is 11.9 Å². The van der Waals surface area contributed by atoms with E-state index in [-0.39, 0.29) is 36.3 Å². The molecule has 0 spiro atoms. The molecule has 2 N–H and O–H groups in total. The van der Waals surface area contributed by atoms with Crippen LogP contribution in [0.2, 0.25) is 0 Å². The van der Waals surface area contributed by atoms with Crippen LogP contribution in [0.25, 0.3) is 0 Å². The summed E-state index contributed by atoms with van der Waals surface area (Å²) >= 11 is 0. The highest BCUT2D eigenvalue weighted by atomic mass is 35.5. The van der Waals surface area contributed by atoms with Crippen molar-refractivity contribution in [1.29, 1.82) is 0 Å². The number of rotatable bonds is 5. The van der Waals surface area contributed by atoms with Gasteiger partial charge in [-0.1, -0.05) is 6.42 Å². The fraction of sp³-hybridized carbons (Fsp3) is 1.00. The van der Waals surface area contributed by atoms with Gasteiger partial charge in [-0.15, -0.1) is 12.4 Å². The quantitative estimate of drug-likeness (QED) is 0.821. The van der Waals surface area contributed by atoms with Gasteiger partial charge in [0.1, 0.15) is 0 Å². The molecular formula is C11H25ClN2O3S. The van der Waals surface area contributed by atoms with Crippen LogP contribution in [0.4, 0.5) is 0 Å². The monoisotopic (exact) mass is 300 g/mol. The van der Waals surface area contributed by atoms with Gasteiger partial charge in [0, 0.05) is 25.7 Å². The Balaban J connectivity index is 0.00000289. The lowest BCUT2D eigenvalue weighted by molar-refractivity contribution is 0.133. The molecule has 0 aromatic heterocycles. The van der Waals surface area contributed by atoms with Gasteiger partial charge in [-0.3, -0.25) is 0 Å². The first-order valence-electron chi connectivity index (χ1n) is 6.16. The van der Waals surface area contributed by atoms with Gasteiger partial charge in [-0.25, -0.2) is 8.42 Å². The Hall–Kier alpha value is 0.120. The number of piperidine rings is 1. The van der Waals surface area contributed by atoms with E-state index < -0.39 is 10.0 Å². The van der Waals surface area contributed by atoms with Crippen LogP contribution in [-0.2, 0) is 14.8 Å². The van der Waals surface area contributed by atoms with Crippen LogP contribution >= 0.6 is 12.4 Å². The standard InChI is InChI=1S/C11H24N2O3S.ClH/c1-9(16-3)8-17(14,15)13-7-5-4-6-11(13)10(2)12;/h9-11H,4-8,12H2,1-3H3;1H. The molecule has 7 heteroatoms. The molecule has 1 fully saturated rings. The summed E-state index contributed by atoms with van der Waals surface area (Å²) in [7, 11) is -1.73. The molecule has 1 aliphatic rings. The van der Waals surface area contributed by atoms with E-state index in [0.717, 1.165) is 19.3 Å². The Morgan fingerprint density at radius 2 is 2.00 bits per heavy atom. The number of hydrogen-bond acceptors (Lipinski definition) is 4. The first-order chi connectivity index (χ1) is 7.88. The molecule has 0 aromatic carbocycles. The van der Waals surface area contributed by atoms with Crippen molar-refractivity contribution in [2.45, 2.75) is 51.3 Å². The third kappa shape index (κ3) is 4.66. The van der Waals surface area contributed by atoms with E-state index in [0.29, 0.717) is 6.54 Å². The molecular weight excluding hydrogens is 276 g/mol. The summed E-state index contributed by atoms with van der Waals surface area (Å²) in [6.07, 6.45) is 2.55. The second-order valence-electron chi connectivity index (χ2n) is 4.86. The number of nitrogens with zero attached hydrogens (tertiary/aromatic N) is 1. The van der Waals surface area contributed by atoms with E-state index >= 15 is 0 Å². The molecule has 0 amide bonds. The molecule has 0 bridgehead atoms. The number of halogens is 1. The van der Waals surface area contributed by atoms with Crippen molar-refractivity contribution < 1.29 is 13.2 Å². The second kappa shape index (κ2) is 7.65. The Morgan fingerprint density at radius 1 is 1.39 bits per heavy atom. The maximum Gasteiger partial charge on any atom is 0.216 e.